The predicted molar refractivity (Wildman–Crippen MR) is 138 cm³/mol. The highest BCUT2D eigenvalue weighted by molar-refractivity contribution is 5.91. The van der Waals surface area contributed by atoms with Crippen molar-refractivity contribution in [2.75, 3.05) is 31.1 Å². The van der Waals surface area contributed by atoms with Crippen LogP contribution in [0.4, 0.5) is 5.69 Å². The van der Waals surface area contributed by atoms with Crippen LogP contribution in [0.3, 0.4) is 0 Å². The number of H-pyrrole nitrogens is 1. The van der Waals surface area contributed by atoms with E-state index < -0.39 is 0 Å². The molecule has 0 amide bonds. The lowest BCUT2D eigenvalue weighted by molar-refractivity contribution is 0.250. The van der Waals surface area contributed by atoms with Crippen LogP contribution in [-0.4, -0.2) is 51.0 Å². The summed E-state index contributed by atoms with van der Waals surface area (Å²) < 4.78 is 0. The summed E-state index contributed by atoms with van der Waals surface area (Å²) >= 11 is 0. The van der Waals surface area contributed by atoms with Gasteiger partial charge in [0.05, 0.1) is 22.2 Å². The Morgan fingerprint density at radius 1 is 0.824 bits per heavy atom. The van der Waals surface area contributed by atoms with E-state index in [4.69, 9.17) is 4.98 Å². The van der Waals surface area contributed by atoms with Gasteiger partial charge in [0.25, 0.3) is 0 Å². The fourth-order valence-electron chi connectivity index (χ4n) is 4.82. The fourth-order valence-corrected chi connectivity index (χ4v) is 4.82. The first-order chi connectivity index (χ1) is 16.8. The molecule has 0 radical (unpaired) electrons. The summed E-state index contributed by atoms with van der Waals surface area (Å²) in [6.45, 7) is 7.12. The van der Waals surface area contributed by atoms with E-state index in [9.17, 15) is 0 Å². The molecule has 170 valence electrons. The minimum absolute atomic E-state index is 0.933. The van der Waals surface area contributed by atoms with E-state index in [0.29, 0.717) is 0 Å². The number of aromatic nitrogens is 4. The summed E-state index contributed by atoms with van der Waals surface area (Å²) in [6.07, 6.45) is 4.55. The van der Waals surface area contributed by atoms with Gasteiger partial charge in [-0.3, -0.25) is 14.9 Å². The number of para-hydroxylation sites is 1. The number of aromatic amines is 1. The molecule has 0 bridgehead atoms. The number of imidazole rings is 1. The van der Waals surface area contributed by atoms with Crippen LogP contribution >= 0.6 is 0 Å². The highest BCUT2D eigenvalue weighted by Gasteiger charge is 2.20. The lowest BCUT2D eigenvalue weighted by Crippen LogP contribution is -2.46. The van der Waals surface area contributed by atoms with Crippen molar-refractivity contribution in [1.82, 2.24) is 24.8 Å². The number of nitrogens with zero attached hydrogens (tertiary/aromatic N) is 5. The zero-order chi connectivity index (χ0) is 22.9. The second-order valence-electron chi connectivity index (χ2n) is 8.95. The number of nitrogens with one attached hydrogen (secondary N) is 1. The maximum Gasteiger partial charge on any atom is 0.138 e. The summed E-state index contributed by atoms with van der Waals surface area (Å²) in [6, 6.07) is 21.5. The summed E-state index contributed by atoms with van der Waals surface area (Å²) in [7, 11) is 0. The van der Waals surface area contributed by atoms with Gasteiger partial charge in [-0.05, 0) is 41.8 Å². The van der Waals surface area contributed by atoms with Gasteiger partial charge in [0.2, 0.25) is 0 Å². The Kier molecular flexibility index (Phi) is 5.43. The SMILES string of the molecule is CCc1ccc(-c2nc3c(N4CCN(Cc5ccc6nccnc6c5)CC4)cccc3[nH]2)cc1. The Hall–Kier alpha value is -3.77. The quantitative estimate of drug-likeness (QED) is 0.407. The summed E-state index contributed by atoms with van der Waals surface area (Å²) in [5.74, 6) is 0.933. The Balaban J connectivity index is 1.18. The molecule has 1 fully saturated rings. The second-order valence-corrected chi connectivity index (χ2v) is 8.95. The van der Waals surface area contributed by atoms with Crippen molar-refractivity contribution in [3.8, 4) is 11.4 Å². The van der Waals surface area contributed by atoms with E-state index >= 15 is 0 Å². The van der Waals surface area contributed by atoms with Gasteiger partial charge in [-0.15, -0.1) is 0 Å². The molecule has 1 aliphatic heterocycles. The zero-order valence-electron chi connectivity index (χ0n) is 19.4. The Bertz CT molecular complexity index is 1430. The lowest BCUT2D eigenvalue weighted by Gasteiger charge is -2.36. The van der Waals surface area contributed by atoms with Gasteiger partial charge < -0.3 is 9.88 Å². The average Bonchev–Trinajstić information content (AvgIpc) is 3.34. The molecule has 5 aromatic rings. The molecular formula is C28H28N6. The molecule has 34 heavy (non-hydrogen) atoms. The Morgan fingerprint density at radius 2 is 1.59 bits per heavy atom. The number of fused-ring (bicyclic) bond motifs is 2. The summed E-state index contributed by atoms with van der Waals surface area (Å²) in [4.78, 5) is 22.3. The van der Waals surface area contributed by atoms with Gasteiger partial charge in [0, 0.05) is 50.7 Å². The molecule has 0 spiro atoms. The Labute approximate surface area is 199 Å². The van der Waals surface area contributed by atoms with Crippen molar-refractivity contribution in [3.63, 3.8) is 0 Å². The first-order valence-electron chi connectivity index (χ1n) is 12.0. The summed E-state index contributed by atoms with van der Waals surface area (Å²) in [5.41, 5.74) is 9.03. The van der Waals surface area contributed by atoms with E-state index in [1.165, 1.54) is 16.8 Å². The second kappa shape index (κ2) is 8.88. The van der Waals surface area contributed by atoms with Crippen molar-refractivity contribution in [2.24, 2.45) is 0 Å². The molecule has 1 N–H and O–H groups in total. The third kappa shape index (κ3) is 4.01. The number of hydrogen-bond donors (Lipinski definition) is 1. The standard InChI is InChI=1S/C28H28N6/c1-2-20-6-9-22(10-7-20)28-31-24-4-3-5-26(27(24)32-28)34-16-14-33(15-17-34)19-21-8-11-23-25(18-21)30-13-12-29-23/h3-13,18H,2,14-17,19H2,1H3,(H,31,32). The fraction of sp³-hybridized carbons (Fsp3) is 0.250. The van der Waals surface area contributed by atoms with E-state index in [-0.39, 0.29) is 0 Å². The molecule has 2 aromatic heterocycles. The highest BCUT2D eigenvalue weighted by atomic mass is 15.3. The van der Waals surface area contributed by atoms with E-state index in [0.717, 1.165) is 72.6 Å². The molecule has 6 nitrogen and oxygen atoms in total. The molecule has 1 saturated heterocycles. The van der Waals surface area contributed by atoms with Gasteiger partial charge in [-0.2, -0.15) is 0 Å². The van der Waals surface area contributed by atoms with Gasteiger partial charge in [-0.25, -0.2) is 4.98 Å². The zero-order valence-corrected chi connectivity index (χ0v) is 19.4. The van der Waals surface area contributed by atoms with Gasteiger partial charge >= 0.3 is 0 Å². The normalized spacial score (nSPS) is 14.8. The minimum Gasteiger partial charge on any atom is -0.367 e. The van der Waals surface area contributed by atoms with Crippen LogP contribution in [0.25, 0.3) is 33.5 Å². The number of benzene rings is 3. The van der Waals surface area contributed by atoms with Gasteiger partial charge in [0.1, 0.15) is 11.3 Å². The monoisotopic (exact) mass is 448 g/mol. The lowest BCUT2D eigenvalue weighted by atomic mass is 10.1. The maximum absolute atomic E-state index is 5.01. The van der Waals surface area contributed by atoms with E-state index in [1.54, 1.807) is 12.4 Å². The van der Waals surface area contributed by atoms with E-state index in [2.05, 4.69) is 92.3 Å². The molecule has 3 aromatic carbocycles. The number of hydrogen-bond acceptors (Lipinski definition) is 5. The van der Waals surface area contributed by atoms with Gasteiger partial charge in [0.15, 0.2) is 0 Å². The van der Waals surface area contributed by atoms with Crippen LogP contribution in [-0.2, 0) is 13.0 Å². The number of anilines is 1. The molecule has 1 aliphatic rings. The predicted octanol–water partition coefficient (Wildman–Crippen LogP) is 5.06. The van der Waals surface area contributed by atoms with Crippen LogP contribution < -0.4 is 4.90 Å². The smallest absolute Gasteiger partial charge is 0.138 e. The third-order valence-corrected chi connectivity index (χ3v) is 6.78. The third-order valence-electron chi connectivity index (χ3n) is 6.78. The Morgan fingerprint density at radius 3 is 2.38 bits per heavy atom. The number of piperazine rings is 1. The van der Waals surface area contributed by atoms with Crippen LogP contribution in [0.15, 0.2) is 73.1 Å². The van der Waals surface area contributed by atoms with Crippen molar-refractivity contribution in [2.45, 2.75) is 19.9 Å². The van der Waals surface area contributed by atoms with Gasteiger partial charge in [-0.1, -0.05) is 43.3 Å². The van der Waals surface area contributed by atoms with Crippen LogP contribution in [0.2, 0.25) is 0 Å². The maximum atomic E-state index is 5.01. The van der Waals surface area contributed by atoms with Crippen molar-refractivity contribution < 1.29 is 0 Å². The highest BCUT2D eigenvalue weighted by Crippen LogP contribution is 2.29. The number of aryl methyl sites for hydroxylation is 1. The molecule has 3 heterocycles. The van der Waals surface area contributed by atoms with Crippen molar-refractivity contribution >= 4 is 27.8 Å². The minimum atomic E-state index is 0.933. The summed E-state index contributed by atoms with van der Waals surface area (Å²) in [5, 5.41) is 0. The largest absolute Gasteiger partial charge is 0.367 e. The molecule has 6 rings (SSSR count). The number of rotatable bonds is 5. The van der Waals surface area contributed by atoms with Crippen LogP contribution in [0.1, 0.15) is 18.1 Å². The van der Waals surface area contributed by atoms with Crippen LogP contribution in [0, 0.1) is 0 Å². The topological polar surface area (TPSA) is 60.9 Å². The molecule has 0 atom stereocenters. The molecular weight excluding hydrogens is 420 g/mol. The molecule has 0 unspecified atom stereocenters. The molecule has 0 aliphatic carbocycles. The molecule has 0 saturated carbocycles. The first-order valence-corrected chi connectivity index (χ1v) is 12.0. The average molecular weight is 449 g/mol. The van der Waals surface area contributed by atoms with E-state index in [1.807, 2.05) is 0 Å². The molecule has 6 heteroatoms. The van der Waals surface area contributed by atoms with Crippen molar-refractivity contribution in [3.05, 3.63) is 84.2 Å². The van der Waals surface area contributed by atoms with Crippen LogP contribution in [0.5, 0.6) is 0 Å². The van der Waals surface area contributed by atoms with Crippen molar-refractivity contribution in [1.29, 1.82) is 0 Å². The first kappa shape index (κ1) is 20.8.